The fourth-order valence-electron chi connectivity index (χ4n) is 2.36. The maximum atomic E-state index is 12.5. The number of sulfone groups is 1. The van der Waals surface area contributed by atoms with Crippen molar-refractivity contribution in [2.45, 2.75) is 18.6 Å². The zero-order chi connectivity index (χ0) is 19.2. The summed E-state index contributed by atoms with van der Waals surface area (Å²) < 4.78 is 25.0. The normalized spacial score (nSPS) is 12.2. The van der Waals surface area contributed by atoms with Gasteiger partial charge >= 0.3 is 0 Å². The molecule has 2 N–H and O–H groups in total. The lowest BCUT2D eigenvalue weighted by molar-refractivity contribution is -0.115. The van der Waals surface area contributed by atoms with Crippen LogP contribution in [0.2, 0.25) is 5.02 Å². The third-order valence-electron chi connectivity index (χ3n) is 3.60. The molecule has 6 nitrogen and oxygen atoms in total. The van der Waals surface area contributed by atoms with Crippen LogP contribution >= 0.6 is 11.6 Å². The van der Waals surface area contributed by atoms with Crippen LogP contribution in [0.5, 0.6) is 0 Å². The maximum Gasteiger partial charge on any atom is 0.242 e. The molecule has 2 aromatic carbocycles. The topological polar surface area (TPSA) is 92.3 Å². The minimum Gasteiger partial charge on any atom is -0.325 e. The van der Waals surface area contributed by atoms with Crippen LogP contribution < -0.4 is 10.6 Å². The highest BCUT2D eigenvalue weighted by Gasteiger charge is 2.33. The van der Waals surface area contributed by atoms with Crippen molar-refractivity contribution in [3.63, 3.8) is 0 Å². The molecule has 26 heavy (non-hydrogen) atoms. The summed E-state index contributed by atoms with van der Waals surface area (Å²) in [6.07, 6.45) is 0.0647. The van der Waals surface area contributed by atoms with Crippen molar-refractivity contribution in [1.29, 1.82) is 0 Å². The smallest absolute Gasteiger partial charge is 0.242 e. The fraction of sp³-hybridized carbons (Fsp3) is 0.222. The minimum absolute atomic E-state index is 0.0647. The largest absolute Gasteiger partial charge is 0.325 e. The summed E-state index contributed by atoms with van der Waals surface area (Å²) >= 11 is 5.76. The first-order valence-electron chi connectivity index (χ1n) is 7.94. The molecule has 0 saturated carbocycles. The standard InChI is InChI=1S/C18H19ClN2O4S/c1-2-16(18(23)21-14-6-4-3-5-7-14)26(24,25)12-17(22)20-15-10-8-13(19)9-11-15/h3-11,16H,2,12H2,1H3,(H,20,22)(H,21,23). The van der Waals surface area contributed by atoms with E-state index >= 15 is 0 Å². The molecule has 0 bridgehead atoms. The van der Waals surface area contributed by atoms with E-state index in [4.69, 9.17) is 11.6 Å². The lowest BCUT2D eigenvalue weighted by Crippen LogP contribution is -2.39. The summed E-state index contributed by atoms with van der Waals surface area (Å²) in [5, 5.41) is 4.24. The number of hydrogen-bond acceptors (Lipinski definition) is 4. The average Bonchev–Trinajstić information content (AvgIpc) is 2.57. The number of benzene rings is 2. The molecule has 8 heteroatoms. The third kappa shape index (κ3) is 5.57. The molecule has 0 aliphatic carbocycles. The number of amides is 2. The Morgan fingerprint density at radius 3 is 2.12 bits per heavy atom. The van der Waals surface area contributed by atoms with Crippen LogP contribution in [0.1, 0.15) is 13.3 Å². The number of carbonyl (C=O) groups excluding carboxylic acids is 2. The molecule has 2 aromatic rings. The number of halogens is 1. The Kier molecular flexibility index (Phi) is 6.76. The Balaban J connectivity index is 2.04. The van der Waals surface area contributed by atoms with Crippen LogP contribution in [0.15, 0.2) is 54.6 Å². The van der Waals surface area contributed by atoms with Crippen LogP contribution in [0.4, 0.5) is 11.4 Å². The number of rotatable bonds is 7. The number of para-hydroxylation sites is 1. The first kappa shape index (κ1) is 19.9. The highest BCUT2D eigenvalue weighted by Crippen LogP contribution is 2.15. The van der Waals surface area contributed by atoms with E-state index in [0.29, 0.717) is 16.4 Å². The van der Waals surface area contributed by atoms with Crippen molar-refractivity contribution in [3.8, 4) is 0 Å². The molecular weight excluding hydrogens is 376 g/mol. The second-order valence-electron chi connectivity index (χ2n) is 5.61. The number of nitrogens with one attached hydrogen (secondary N) is 2. The molecule has 0 heterocycles. The highest BCUT2D eigenvalue weighted by atomic mass is 35.5. The van der Waals surface area contributed by atoms with E-state index in [1.54, 1.807) is 61.5 Å². The predicted molar refractivity (Wildman–Crippen MR) is 103 cm³/mol. The molecule has 0 aromatic heterocycles. The number of hydrogen-bond donors (Lipinski definition) is 2. The van der Waals surface area contributed by atoms with Crippen molar-refractivity contribution in [2.75, 3.05) is 16.4 Å². The third-order valence-corrected chi connectivity index (χ3v) is 5.93. The van der Waals surface area contributed by atoms with Gasteiger partial charge in [0, 0.05) is 16.4 Å². The van der Waals surface area contributed by atoms with Gasteiger partial charge in [0.05, 0.1) is 0 Å². The monoisotopic (exact) mass is 394 g/mol. The molecular formula is C18H19ClN2O4S. The molecule has 0 radical (unpaired) electrons. The van der Waals surface area contributed by atoms with Gasteiger partial charge in [0.1, 0.15) is 11.0 Å². The first-order chi connectivity index (χ1) is 12.3. The summed E-state index contributed by atoms with van der Waals surface area (Å²) in [6, 6.07) is 14.8. The van der Waals surface area contributed by atoms with Crippen molar-refractivity contribution in [1.82, 2.24) is 0 Å². The fourth-order valence-corrected chi connectivity index (χ4v) is 4.02. The SMILES string of the molecule is CCC(C(=O)Nc1ccccc1)S(=O)(=O)CC(=O)Nc1ccc(Cl)cc1. The summed E-state index contributed by atoms with van der Waals surface area (Å²) in [5.74, 6) is -2.15. The summed E-state index contributed by atoms with van der Waals surface area (Å²) in [4.78, 5) is 24.4. The van der Waals surface area contributed by atoms with E-state index < -0.39 is 32.7 Å². The Morgan fingerprint density at radius 1 is 0.962 bits per heavy atom. The van der Waals surface area contributed by atoms with Crippen LogP contribution in [-0.4, -0.2) is 31.2 Å². The predicted octanol–water partition coefficient (Wildman–Crippen LogP) is 3.11. The van der Waals surface area contributed by atoms with Gasteiger partial charge < -0.3 is 10.6 Å². The van der Waals surface area contributed by atoms with Crippen LogP contribution in [0.3, 0.4) is 0 Å². The first-order valence-corrected chi connectivity index (χ1v) is 10.0. The van der Waals surface area contributed by atoms with Gasteiger partial charge in [-0.1, -0.05) is 36.7 Å². The Morgan fingerprint density at radius 2 is 1.54 bits per heavy atom. The van der Waals surface area contributed by atoms with E-state index in [0.717, 1.165) is 0 Å². The molecule has 0 spiro atoms. The summed E-state index contributed by atoms with van der Waals surface area (Å²) in [7, 11) is -3.97. The lowest BCUT2D eigenvalue weighted by Gasteiger charge is -2.16. The van der Waals surface area contributed by atoms with E-state index in [2.05, 4.69) is 10.6 Å². The molecule has 1 unspecified atom stereocenters. The quantitative estimate of drug-likeness (QED) is 0.754. The molecule has 0 aliphatic heterocycles. The van der Waals surface area contributed by atoms with Gasteiger partial charge in [-0.15, -0.1) is 0 Å². The van der Waals surface area contributed by atoms with Crippen LogP contribution in [0.25, 0.3) is 0 Å². The van der Waals surface area contributed by atoms with Crippen molar-refractivity contribution in [2.24, 2.45) is 0 Å². The zero-order valence-corrected chi connectivity index (χ0v) is 15.7. The zero-order valence-electron chi connectivity index (χ0n) is 14.1. The van der Waals surface area contributed by atoms with E-state index in [-0.39, 0.29) is 6.42 Å². The van der Waals surface area contributed by atoms with E-state index in [1.165, 1.54) is 0 Å². The summed E-state index contributed by atoms with van der Waals surface area (Å²) in [5.41, 5.74) is 0.924. The van der Waals surface area contributed by atoms with Gasteiger partial charge in [0.25, 0.3) is 0 Å². The van der Waals surface area contributed by atoms with Gasteiger partial charge in [-0.3, -0.25) is 9.59 Å². The second kappa shape index (κ2) is 8.82. The van der Waals surface area contributed by atoms with Gasteiger partial charge in [-0.05, 0) is 42.8 Å². The van der Waals surface area contributed by atoms with Crippen LogP contribution in [-0.2, 0) is 19.4 Å². The number of anilines is 2. The molecule has 2 rings (SSSR count). The summed E-state index contributed by atoms with van der Waals surface area (Å²) in [6.45, 7) is 1.59. The Bertz CT molecular complexity index is 868. The van der Waals surface area contributed by atoms with Crippen LogP contribution in [0, 0.1) is 0 Å². The lowest BCUT2D eigenvalue weighted by atomic mass is 10.3. The van der Waals surface area contributed by atoms with Gasteiger partial charge in [0.2, 0.25) is 11.8 Å². The molecule has 138 valence electrons. The van der Waals surface area contributed by atoms with Crippen molar-refractivity contribution in [3.05, 3.63) is 59.6 Å². The minimum atomic E-state index is -3.97. The highest BCUT2D eigenvalue weighted by molar-refractivity contribution is 7.93. The molecule has 0 saturated heterocycles. The Hall–Kier alpha value is -2.38. The van der Waals surface area contributed by atoms with Crippen molar-refractivity contribution >= 4 is 44.6 Å². The van der Waals surface area contributed by atoms with Crippen molar-refractivity contribution < 1.29 is 18.0 Å². The molecule has 0 aliphatic rings. The average molecular weight is 395 g/mol. The van der Waals surface area contributed by atoms with E-state index in [1.807, 2.05) is 0 Å². The maximum absolute atomic E-state index is 12.5. The van der Waals surface area contributed by atoms with Gasteiger partial charge in [-0.25, -0.2) is 8.42 Å². The van der Waals surface area contributed by atoms with Gasteiger partial charge in [0.15, 0.2) is 9.84 Å². The Labute approximate surface area is 157 Å². The second-order valence-corrected chi connectivity index (χ2v) is 8.23. The van der Waals surface area contributed by atoms with E-state index in [9.17, 15) is 18.0 Å². The molecule has 1 atom stereocenters. The molecule has 2 amide bonds. The van der Waals surface area contributed by atoms with Gasteiger partial charge in [-0.2, -0.15) is 0 Å². The molecule has 0 fully saturated rings. The number of carbonyl (C=O) groups is 2.